The number of likely N-dealkylation sites (N-methyl/N-ethyl adjacent to an activating group) is 1. The second-order valence-electron chi connectivity index (χ2n) is 4.47. The molecule has 2 aromatic heterocycles. The molecule has 0 saturated carbocycles. The summed E-state index contributed by atoms with van der Waals surface area (Å²) in [7, 11) is 2.02. The van der Waals surface area contributed by atoms with Crippen LogP contribution in [-0.4, -0.2) is 51.9 Å². The lowest BCUT2D eigenvalue weighted by molar-refractivity contribution is -0.0264. The maximum atomic E-state index is 9.70. The van der Waals surface area contributed by atoms with Gasteiger partial charge in [-0.15, -0.1) is 0 Å². The molecule has 1 saturated heterocycles. The summed E-state index contributed by atoms with van der Waals surface area (Å²) in [4.78, 5) is 10.2. The van der Waals surface area contributed by atoms with Crippen molar-refractivity contribution in [1.29, 1.82) is 0 Å². The zero-order valence-electron chi connectivity index (χ0n) is 10.5. The number of rotatable bonds is 2. The second kappa shape index (κ2) is 4.94. The van der Waals surface area contributed by atoms with Crippen molar-refractivity contribution in [3.63, 3.8) is 0 Å². The lowest BCUT2D eigenvalue weighted by Crippen LogP contribution is -2.35. The normalized spacial score (nSPS) is 20.6. The van der Waals surface area contributed by atoms with Crippen molar-refractivity contribution in [3.8, 4) is 17.2 Å². The number of pyridine rings is 1. The Morgan fingerprint density at radius 1 is 1.47 bits per heavy atom. The number of nitrogens with zero attached hydrogens (tertiary/aromatic N) is 4. The fraction of sp³-hybridized carbons (Fsp3) is 0.417. The highest BCUT2D eigenvalue weighted by Gasteiger charge is 2.25. The highest BCUT2D eigenvalue weighted by molar-refractivity contribution is 5.60. The van der Waals surface area contributed by atoms with E-state index in [-0.39, 0.29) is 17.7 Å². The van der Waals surface area contributed by atoms with Crippen LogP contribution in [-0.2, 0) is 4.74 Å². The number of ether oxygens (including phenoxy) is 1. The number of aromatic hydroxyl groups is 1. The van der Waals surface area contributed by atoms with Crippen molar-refractivity contribution in [2.24, 2.45) is 0 Å². The summed E-state index contributed by atoms with van der Waals surface area (Å²) < 4.78 is 10.8. The van der Waals surface area contributed by atoms with Gasteiger partial charge in [0.25, 0.3) is 5.89 Å². The van der Waals surface area contributed by atoms with Crippen molar-refractivity contribution < 1.29 is 14.4 Å². The lowest BCUT2D eigenvalue weighted by atomic mass is 10.2. The molecule has 3 rings (SSSR count). The molecule has 1 atom stereocenters. The summed E-state index contributed by atoms with van der Waals surface area (Å²) in [5, 5.41) is 13.6. The van der Waals surface area contributed by atoms with Crippen molar-refractivity contribution in [2.75, 3.05) is 26.7 Å². The van der Waals surface area contributed by atoms with Crippen LogP contribution in [0.4, 0.5) is 0 Å². The molecule has 1 unspecified atom stereocenters. The Labute approximate surface area is 109 Å². The summed E-state index contributed by atoms with van der Waals surface area (Å²) in [5.41, 5.74) is 0.470. The van der Waals surface area contributed by atoms with E-state index in [2.05, 4.69) is 20.0 Å². The highest BCUT2D eigenvalue weighted by Crippen LogP contribution is 2.28. The van der Waals surface area contributed by atoms with Gasteiger partial charge in [0.1, 0.15) is 11.9 Å². The minimum Gasteiger partial charge on any atom is -0.505 e. The van der Waals surface area contributed by atoms with Gasteiger partial charge in [-0.25, -0.2) is 0 Å². The Morgan fingerprint density at radius 2 is 2.37 bits per heavy atom. The molecule has 2 aromatic rings. The van der Waals surface area contributed by atoms with Crippen molar-refractivity contribution in [3.05, 3.63) is 24.3 Å². The third-order valence-corrected chi connectivity index (χ3v) is 3.03. The van der Waals surface area contributed by atoms with Gasteiger partial charge in [-0.05, 0) is 13.1 Å². The van der Waals surface area contributed by atoms with Gasteiger partial charge in [-0.3, -0.25) is 4.98 Å². The van der Waals surface area contributed by atoms with Crippen molar-refractivity contribution in [1.82, 2.24) is 20.0 Å². The van der Waals surface area contributed by atoms with E-state index in [0.29, 0.717) is 18.0 Å². The quantitative estimate of drug-likeness (QED) is 0.858. The first-order chi connectivity index (χ1) is 9.24. The van der Waals surface area contributed by atoms with Crippen molar-refractivity contribution >= 4 is 0 Å². The van der Waals surface area contributed by atoms with E-state index >= 15 is 0 Å². The zero-order valence-corrected chi connectivity index (χ0v) is 10.5. The predicted molar refractivity (Wildman–Crippen MR) is 65.4 cm³/mol. The van der Waals surface area contributed by atoms with Crippen LogP contribution in [0.3, 0.4) is 0 Å². The Bertz CT molecular complexity index is 572. The predicted octanol–water partition coefficient (Wildman–Crippen LogP) is 0.840. The van der Waals surface area contributed by atoms with Crippen LogP contribution in [0.15, 0.2) is 23.0 Å². The molecule has 1 fully saturated rings. The highest BCUT2D eigenvalue weighted by atomic mass is 16.5. The van der Waals surface area contributed by atoms with E-state index in [1.165, 1.54) is 6.20 Å². The van der Waals surface area contributed by atoms with Crippen LogP contribution < -0.4 is 0 Å². The Balaban J connectivity index is 1.85. The van der Waals surface area contributed by atoms with E-state index in [4.69, 9.17) is 9.26 Å². The maximum absolute atomic E-state index is 9.70. The van der Waals surface area contributed by atoms with E-state index in [0.717, 1.165) is 13.1 Å². The first kappa shape index (κ1) is 12.1. The van der Waals surface area contributed by atoms with Gasteiger partial charge < -0.3 is 19.3 Å². The van der Waals surface area contributed by atoms with E-state index in [1.54, 1.807) is 12.3 Å². The molecule has 0 spiro atoms. The van der Waals surface area contributed by atoms with Crippen LogP contribution in [0.5, 0.6) is 5.75 Å². The zero-order chi connectivity index (χ0) is 13.2. The summed E-state index contributed by atoms with van der Waals surface area (Å²) in [6.07, 6.45) is 2.70. The number of aromatic nitrogens is 3. The number of hydrogen-bond acceptors (Lipinski definition) is 7. The Kier molecular flexibility index (Phi) is 3.14. The molecule has 7 heteroatoms. The smallest absolute Gasteiger partial charge is 0.261 e. The van der Waals surface area contributed by atoms with Gasteiger partial charge in [0.2, 0.25) is 5.82 Å². The summed E-state index contributed by atoms with van der Waals surface area (Å²) in [5.74, 6) is 0.781. The minimum atomic E-state index is -0.194. The van der Waals surface area contributed by atoms with Gasteiger partial charge in [-0.1, -0.05) is 5.16 Å². The van der Waals surface area contributed by atoms with Gasteiger partial charge >= 0.3 is 0 Å². The Morgan fingerprint density at radius 3 is 3.16 bits per heavy atom. The largest absolute Gasteiger partial charge is 0.505 e. The monoisotopic (exact) mass is 262 g/mol. The fourth-order valence-electron chi connectivity index (χ4n) is 1.98. The summed E-state index contributed by atoms with van der Waals surface area (Å²) in [6, 6.07) is 1.63. The van der Waals surface area contributed by atoms with Crippen LogP contribution in [0, 0.1) is 0 Å². The van der Waals surface area contributed by atoms with Gasteiger partial charge in [-0.2, -0.15) is 4.98 Å². The van der Waals surface area contributed by atoms with Gasteiger partial charge in [0.05, 0.1) is 18.4 Å². The van der Waals surface area contributed by atoms with Crippen LogP contribution in [0.25, 0.3) is 11.5 Å². The maximum Gasteiger partial charge on any atom is 0.261 e. The molecule has 1 aliphatic rings. The van der Waals surface area contributed by atoms with Crippen LogP contribution in [0.2, 0.25) is 0 Å². The van der Waals surface area contributed by atoms with E-state index in [1.807, 2.05) is 7.05 Å². The third kappa shape index (κ3) is 2.42. The number of hydrogen-bond donors (Lipinski definition) is 1. The van der Waals surface area contributed by atoms with E-state index < -0.39 is 0 Å². The first-order valence-electron chi connectivity index (χ1n) is 6.01. The Hall–Kier alpha value is -1.99. The fourth-order valence-corrected chi connectivity index (χ4v) is 1.98. The summed E-state index contributed by atoms with van der Waals surface area (Å²) >= 11 is 0. The average molecular weight is 262 g/mol. The first-order valence-corrected chi connectivity index (χ1v) is 6.01. The van der Waals surface area contributed by atoms with Crippen LogP contribution in [0.1, 0.15) is 11.9 Å². The van der Waals surface area contributed by atoms with Crippen molar-refractivity contribution in [2.45, 2.75) is 6.10 Å². The molecule has 1 N–H and O–H groups in total. The molecule has 0 amide bonds. The molecular formula is C12H14N4O3. The molecule has 0 bridgehead atoms. The van der Waals surface area contributed by atoms with E-state index in [9.17, 15) is 5.11 Å². The number of morpholine rings is 1. The molecule has 0 radical (unpaired) electrons. The topological polar surface area (TPSA) is 84.5 Å². The molecule has 7 nitrogen and oxygen atoms in total. The minimum absolute atomic E-state index is 0.0133. The molecule has 19 heavy (non-hydrogen) atoms. The van der Waals surface area contributed by atoms with Gasteiger partial charge in [0, 0.05) is 19.3 Å². The second-order valence-corrected chi connectivity index (χ2v) is 4.47. The van der Waals surface area contributed by atoms with Crippen LogP contribution >= 0.6 is 0 Å². The SMILES string of the molecule is CN1CCOC(c2noc(-c3ccncc3O)n2)C1. The molecule has 1 aliphatic heterocycles. The standard InChI is InChI=1S/C12H14N4O3/c1-16-4-5-18-10(7-16)11-14-12(19-15-11)8-2-3-13-6-9(8)17/h2-3,6,10,17H,4-5,7H2,1H3. The lowest BCUT2D eigenvalue weighted by Gasteiger charge is -2.27. The summed E-state index contributed by atoms with van der Waals surface area (Å²) in [6.45, 7) is 2.26. The average Bonchev–Trinajstić information content (AvgIpc) is 2.89. The molecule has 0 aromatic carbocycles. The van der Waals surface area contributed by atoms with Gasteiger partial charge in [0.15, 0.2) is 0 Å². The molecular weight excluding hydrogens is 248 g/mol. The molecule has 100 valence electrons. The molecule has 3 heterocycles. The molecule has 0 aliphatic carbocycles. The third-order valence-electron chi connectivity index (χ3n) is 3.03.